The molecule has 2 heterocycles. The van der Waals surface area contributed by atoms with E-state index in [9.17, 15) is 9.18 Å². The van der Waals surface area contributed by atoms with Gasteiger partial charge in [0.15, 0.2) is 0 Å². The first-order valence-electron chi connectivity index (χ1n) is 9.09. The van der Waals surface area contributed by atoms with Gasteiger partial charge in [-0.15, -0.1) is 0 Å². The van der Waals surface area contributed by atoms with Crippen molar-refractivity contribution in [3.63, 3.8) is 0 Å². The molecule has 10 heteroatoms. The number of nitrogens with zero attached hydrogens (tertiary/aromatic N) is 4. The highest BCUT2D eigenvalue weighted by molar-refractivity contribution is 7.80. The summed E-state index contributed by atoms with van der Waals surface area (Å²) in [5.74, 6) is -0.423. The van der Waals surface area contributed by atoms with Crippen LogP contribution in [0.1, 0.15) is 13.8 Å². The van der Waals surface area contributed by atoms with Crippen LogP contribution in [0.2, 0.25) is 0 Å². The molecule has 3 rings (SSSR count). The van der Waals surface area contributed by atoms with E-state index in [4.69, 9.17) is 21.7 Å². The van der Waals surface area contributed by atoms with Gasteiger partial charge in [0.25, 0.3) is 5.17 Å². The number of hydrogen-bond donors (Lipinski definition) is 1. The lowest BCUT2D eigenvalue weighted by atomic mass is 10.2. The lowest BCUT2D eigenvalue weighted by Crippen LogP contribution is -2.36. The van der Waals surface area contributed by atoms with Crippen LogP contribution in [-0.2, 0) is 9.47 Å². The standard InChI is InChI=1S/C16H20FN5O3S.C2H6/c1-20-5-6-21(10-19-20)14-4-3-11(7-13(14)17)22-9-12(25-16(22)23)8-18-15(26)24-2;1-2/h3-4,7,10,12H,5-6,8-9H2,1-2H3,(H,18,26);1-2H3. The second-order valence-electron chi connectivity index (χ2n) is 5.93. The number of thiocarbonyl (C=S) groups is 1. The van der Waals surface area contributed by atoms with Crippen molar-refractivity contribution in [2.75, 3.05) is 50.1 Å². The highest BCUT2D eigenvalue weighted by Crippen LogP contribution is 2.28. The maximum atomic E-state index is 14.6. The minimum Gasteiger partial charge on any atom is -0.474 e. The van der Waals surface area contributed by atoms with Crippen molar-refractivity contribution in [1.29, 1.82) is 0 Å². The van der Waals surface area contributed by atoms with Gasteiger partial charge in [-0.2, -0.15) is 5.10 Å². The maximum Gasteiger partial charge on any atom is 0.414 e. The molecule has 0 bridgehead atoms. The van der Waals surface area contributed by atoms with E-state index in [-0.39, 0.29) is 5.17 Å². The number of hydrazone groups is 1. The van der Waals surface area contributed by atoms with Crippen LogP contribution in [0.4, 0.5) is 20.6 Å². The summed E-state index contributed by atoms with van der Waals surface area (Å²) in [5, 5.41) is 9.00. The van der Waals surface area contributed by atoms with Gasteiger partial charge in [0.05, 0.1) is 38.1 Å². The lowest BCUT2D eigenvalue weighted by Gasteiger charge is -2.28. The molecule has 1 unspecified atom stereocenters. The van der Waals surface area contributed by atoms with Crippen LogP contribution in [-0.4, -0.2) is 69.1 Å². The molecule has 1 atom stereocenters. The zero-order valence-electron chi connectivity index (χ0n) is 16.5. The molecule has 0 spiro atoms. The Morgan fingerprint density at radius 1 is 1.43 bits per heavy atom. The van der Waals surface area contributed by atoms with E-state index in [0.717, 1.165) is 0 Å². The van der Waals surface area contributed by atoms with Crippen molar-refractivity contribution in [2.45, 2.75) is 20.0 Å². The first-order valence-corrected chi connectivity index (χ1v) is 9.50. The molecular formula is C18H26FN5O3S. The van der Waals surface area contributed by atoms with Crippen molar-refractivity contribution in [3.8, 4) is 0 Å². The first kappa shape index (κ1) is 21.7. The fraction of sp³-hybridized carbons (Fsp3) is 0.500. The Bertz CT molecular complexity index is 733. The number of likely N-dealkylation sites (N-methyl/N-ethyl adjacent to an activating group) is 1. The molecule has 0 saturated carbocycles. The molecular weight excluding hydrogens is 385 g/mol. The zero-order valence-corrected chi connectivity index (χ0v) is 17.3. The molecule has 0 radical (unpaired) electrons. The first-order chi connectivity index (χ1) is 13.5. The van der Waals surface area contributed by atoms with Gasteiger partial charge < -0.3 is 19.7 Å². The number of halogens is 1. The summed E-state index contributed by atoms with van der Waals surface area (Å²) in [7, 11) is 3.31. The normalized spacial score (nSPS) is 18.4. The molecule has 2 aliphatic heterocycles. The number of nitrogens with one attached hydrogen (secondary N) is 1. The Kier molecular flexibility index (Phi) is 7.80. The van der Waals surface area contributed by atoms with Gasteiger partial charge in [-0.25, -0.2) is 9.18 Å². The third-order valence-corrected chi connectivity index (χ3v) is 4.45. The zero-order chi connectivity index (χ0) is 20.7. The summed E-state index contributed by atoms with van der Waals surface area (Å²) in [4.78, 5) is 15.2. The smallest absolute Gasteiger partial charge is 0.414 e. The largest absolute Gasteiger partial charge is 0.474 e. The minimum atomic E-state index is -0.520. The Morgan fingerprint density at radius 3 is 2.79 bits per heavy atom. The van der Waals surface area contributed by atoms with Crippen LogP contribution >= 0.6 is 12.2 Å². The number of anilines is 2. The van der Waals surface area contributed by atoms with E-state index in [1.807, 2.05) is 20.9 Å². The van der Waals surface area contributed by atoms with Crippen molar-refractivity contribution in [1.82, 2.24) is 10.3 Å². The molecule has 2 aliphatic rings. The number of amides is 1. The van der Waals surface area contributed by atoms with Gasteiger partial charge in [-0.05, 0) is 30.4 Å². The molecule has 1 saturated heterocycles. The van der Waals surface area contributed by atoms with Gasteiger partial charge in [-0.3, -0.25) is 9.91 Å². The molecule has 0 aliphatic carbocycles. The number of benzene rings is 1. The van der Waals surface area contributed by atoms with Crippen LogP contribution in [0.15, 0.2) is 23.3 Å². The van der Waals surface area contributed by atoms with E-state index in [1.165, 1.54) is 18.1 Å². The Balaban J connectivity index is 0.00000136. The van der Waals surface area contributed by atoms with E-state index >= 15 is 0 Å². The third-order valence-electron chi connectivity index (χ3n) is 4.14. The number of cyclic esters (lactones) is 1. The fourth-order valence-corrected chi connectivity index (χ4v) is 2.79. The van der Waals surface area contributed by atoms with Crippen LogP contribution in [0.25, 0.3) is 0 Å². The summed E-state index contributed by atoms with van der Waals surface area (Å²) in [6.45, 7) is 5.96. The van der Waals surface area contributed by atoms with Crippen molar-refractivity contribution >= 4 is 41.2 Å². The number of carbonyl (C=O) groups excluding carboxylic acids is 1. The number of rotatable bonds is 4. The summed E-state index contributed by atoms with van der Waals surface area (Å²) < 4.78 is 24.7. The topological polar surface area (TPSA) is 69.6 Å². The molecule has 1 fully saturated rings. The number of methoxy groups -OCH3 is 1. The Morgan fingerprint density at radius 2 is 2.18 bits per heavy atom. The van der Waals surface area contributed by atoms with Crippen LogP contribution in [0, 0.1) is 5.82 Å². The molecule has 1 aromatic rings. The summed E-state index contributed by atoms with van der Waals surface area (Å²) in [5.41, 5.74) is 0.862. The van der Waals surface area contributed by atoms with Crippen LogP contribution in [0.5, 0.6) is 0 Å². The van der Waals surface area contributed by atoms with E-state index in [0.29, 0.717) is 37.6 Å². The Labute approximate surface area is 169 Å². The predicted molar refractivity (Wildman–Crippen MR) is 111 cm³/mol. The van der Waals surface area contributed by atoms with Gasteiger partial charge in [0.1, 0.15) is 18.3 Å². The summed E-state index contributed by atoms with van der Waals surface area (Å²) in [6, 6.07) is 4.67. The van der Waals surface area contributed by atoms with Gasteiger partial charge in [0, 0.05) is 13.6 Å². The molecule has 8 nitrogen and oxygen atoms in total. The van der Waals surface area contributed by atoms with Crippen LogP contribution in [0.3, 0.4) is 0 Å². The highest BCUT2D eigenvalue weighted by atomic mass is 32.1. The van der Waals surface area contributed by atoms with Crippen LogP contribution < -0.4 is 15.1 Å². The van der Waals surface area contributed by atoms with Gasteiger partial charge >= 0.3 is 6.09 Å². The highest BCUT2D eigenvalue weighted by Gasteiger charge is 2.33. The maximum absolute atomic E-state index is 14.6. The Hall–Kier alpha value is -2.62. The van der Waals surface area contributed by atoms with Gasteiger partial charge in [0.2, 0.25) is 0 Å². The van der Waals surface area contributed by atoms with Crippen molar-refractivity contribution in [3.05, 3.63) is 24.0 Å². The number of carbonyl (C=O) groups is 1. The molecule has 1 N–H and O–H groups in total. The second kappa shape index (κ2) is 10.1. The SMILES string of the molecule is CC.COC(=S)NCC1CN(c2ccc(N3C=NN(C)CC3)c(F)c2)C(=O)O1. The number of ether oxygens (including phenoxy) is 2. The second-order valence-corrected chi connectivity index (χ2v) is 6.30. The molecule has 1 amide bonds. The lowest BCUT2D eigenvalue weighted by molar-refractivity contribution is 0.142. The van der Waals surface area contributed by atoms with Crippen molar-refractivity contribution < 1.29 is 18.7 Å². The quantitative estimate of drug-likeness (QED) is 0.763. The molecule has 0 aromatic heterocycles. The van der Waals surface area contributed by atoms with E-state index < -0.39 is 18.0 Å². The minimum absolute atomic E-state index is 0.226. The summed E-state index contributed by atoms with van der Waals surface area (Å²) >= 11 is 4.89. The molecule has 154 valence electrons. The number of hydrogen-bond acceptors (Lipinski definition) is 7. The molecule has 1 aromatic carbocycles. The van der Waals surface area contributed by atoms with Gasteiger partial charge in [-0.1, -0.05) is 13.8 Å². The third kappa shape index (κ3) is 5.22. The molecule has 28 heavy (non-hydrogen) atoms. The predicted octanol–water partition coefficient (Wildman–Crippen LogP) is 2.39. The monoisotopic (exact) mass is 411 g/mol. The fourth-order valence-electron chi connectivity index (χ4n) is 2.71. The summed E-state index contributed by atoms with van der Waals surface area (Å²) in [6.07, 6.45) is 0.670. The van der Waals surface area contributed by atoms with Crippen molar-refractivity contribution in [2.24, 2.45) is 5.10 Å². The van der Waals surface area contributed by atoms with E-state index in [2.05, 4.69) is 10.4 Å². The average Bonchev–Trinajstić information content (AvgIpc) is 3.09. The average molecular weight is 412 g/mol. The van der Waals surface area contributed by atoms with E-state index in [1.54, 1.807) is 28.4 Å².